The van der Waals surface area contributed by atoms with Gasteiger partial charge in [-0.1, -0.05) is 42.5 Å². The fraction of sp³-hybridized carbons (Fsp3) is 0.391. The summed E-state index contributed by atoms with van der Waals surface area (Å²) in [7, 11) is 0. The molecule has 2 aromatic carbocycles. The molecular weight excluding hydrogens is 459 g/mol. The first-order valence-electron chi connectivity index (χ1n) is 9.94. The molecule has 2 aliphatic heterocycles. The standard InChI is InChI=1S/C23H25IN2O2/c24-20-8-6-17(7-9-20)16-26-14-11-19(12-15-26)23(18-4-2-1-3-5-18)13-10-21(27)25-22(23)28/h1-9,19H,10-16H2,(H,25,27,28)/t23-/m1/s1/i24-4. The number of rotatable bonds is 4. The van der Waals surface area contributed by atoms with Gasteiger partial charge in [0.2, 0.25) is 11.8 Å². The van der Waals surface area contributed by atoms with E-state index in [1.807, 2.05) is 30.3 Å². The maximum atomic E-state index is 13.1. The normalized spacial score (nSPS) is 24.2. The monoisotopic (exact) mass is 484 g/mol. The van der Waals surface area contributed by atoms with Gasteiger partial charge in [0.25, 0.3) is 0 Å². The van der Waals surface area contributed by atoms with Gasteiger partial charge in [-0.25, -0.2) is 0 Å². The van der Waals surface area contributed by atoms with Crippen LogP contribution in [0.2, 0.25) is 0 Å². The first-order valence-corrected chi connectivity index (χ1v) is 11.0. The number of nitrogens with one attached hydrogen (secondary N) is 1. The van der Waals surface area contributed by atoms with Crippen molar-refractivity contribution in [2.24, 2.45) is 5.92 Å². The molecule has 2 aromatic rings. The first kappa shape index (κ1) is 19.6. The average Bonchev–Trinajstić information content (AvgIpc) is 2.72. The smallest absolute Gasteiger partial charge is 0.237 e. The summed E-state index contributed by atoms with van der Waals surface area (Å²) >= 11 is 2.33. The molecule has 2 saturated heterocycles. The lowest BCUT2D eigenvalue weighted by Gasteiger charge is -2.45. The summed E-state index contributed by atoms with van der Waals surface area (Å²) in [4.78, 5) is 27.4. The molecule has 146 valence electrons. The van der Waals surface area contributed by atoms with Gasteiger partial charge in [-0.3, -0.25) is 19.8 Å². The van der Waals surface area contributed by atoms with Crippen LogP contribution in [0.5, 0.6) is 0 Å². The number of likely N-dealkylation sites (tertiary alicyclic amines) is 1. The molecule has 0 aromatic heterocycles. The van der Waals surface area contributed by atoms with Gasteiger partial charge < -0.3 is 0 Å². The molecule has 2 fully saturated rings. The molecule has 4 nitrogen and oxygen atoms in total. The Balaban J connectivity index is 1.51. The number of imide groups is 1. The van der Waals surface area contributed by atoms with Crippen molar-refractivity contribution < 1.29 is 9.59 Å². The van der Waals surface area contributed by atoms with Crippen LogP contribution in [0.4, 0.5) is 0 Å². The largest absolute Gasteiger partial charge is 0.299 e. The molecule has 2 amide bonds. The van der Waals surface area contributed by atoms with Gasteiger partial charge >= 0.3 is 0 Å². The van der Waals surface area contributed by atoms with Crippen LogP contribution < -0.4 is 5.32 Å². The van der Waals surface area contributed by atoms with Gasteiger partial charge in [0.05, 0.1) is 5.41 Å². The van der Waals surface area contributed by atoms with Crippen LogP contribution in [0.15, 0.2) is 54.6 Å². The van der Waals surface area contributed by atoms with Gasteiger partial charge in [-0.15, -0.1) is 0 Å². The highest BCUT2D eigenvalue weighted by molar-refractivity contribution is 14.1. The number of benzene rings is 2. The minimum absolute atomic E-state index is 0.106. The zero-order valence-electron chi connectivity index (χ0n) is 15.9. The van der Waals surface area contributed by atoms with Crippen LogP contribution in [0, 0.1) is 9.49 Å². The van der Waals surface area contributed by atoms with E-state index in [0.29, 0.717) is 12.8 Å². The summed E-state index contributed by atoms with van der Waals surface area (Å²) in [5.74, 6) is 0.00899. The van der Waals surface area contributed by atoms with E-state index in [0.717, 1.165) is 38.0 Å². The summed E-state index contributed by atoms with van der Waals surface area (Å²) in [5.41, 5.74) is 1.80. The van der Waals surface area contributed by atoms with Gasteiger partial charge in [-0.2, -0.15) is 0 Å². The topological polar surface area (TPSA) is 49.4 Å². The van der Waals surface area contributed by atoms with E-state index in [2.05, 4.69) is 57.1 Å². The van der Waals surface area contributed by atoms with Crippen molar-refractivity contribution in [1.29, 1.82) is 0 Å². The highest BCUT2D eigenvalue weighted by Gasteiger charge is 2.50. The summed E-state index contributed by atoms with van der Waals surface area (Å²) < 4.78 is 1.25. The molecule has 0 radical (unpaired) electrons. The molecule has 2 aliphatic rings. The van der Waals surface area contributed by atoms with E-state index in [4.69, 9.17) is 0 Å². The molecule has 2 heterocycles. The van der Waals surface area contributed by atoms with E-state index in [1.165, 1.54) is 9.13 Å². The Kier molecular flexibility index (Phi) is 5.83. The number of halogens is 1. The van der Waals surface area contributed by atoms with Gasteiger partial charge in [0.1, 0.15) is 0 Å². The molecule has 5 heteroatoms. The van der Waals surface area contributed by atoms with Crippen LogP contribution in [0.3, 0.4) is 0 Å². The molecule has 0 bridgehead atoms. The van der Waals surface area contributed by atoms with E-state index in [-0.39, 0.29) is 17.7 Å². The van der Waals surface area contributed by atoms with Crippen molar-refractivity contribution in [3.8, 4) is 0 Å². The second kappa shape index (κ2) is 8.33. The van der Waals surface area contributed by atoms with Crippen molar-refractivity contribution in [3.05, 3.63) is 69.3 Å². The Morgan fingerprint density at radius 1 is 1.00 bits per heavy atom. The Morgan fingerprint density at radius 2 is 1.68 bits per heavy atom. The van der Waals surface area contributed by atoms with Crippen molar-refractivity contribution >= 4 is 34.4 Å². The van der Waals surface area contributed by atoms with E-state index >= 15 is 0 Å². The zero-order valence-corrected chi connectivity index (χ0v) is 18.0. The van der Waals surface area contributed by atoms with Crippen molar-refractivity contribution in [3.63, 3.8) is 0 Å². The number of nitrogens with zero attached hydrogens (tertiary/aromatic N) is 1. The lowest BCUT2D eigenvalue weighted by atomic mass is 9.62. The number of carbonyl (C=O) groups is 2. The maximum absolute atomic E-state index is 13.1. The van der Waals surface area contributed by atoms with Gasteiger partial charge in [0.15, 0.2) is 0 Å². The molecule has 1 N–H and O–H groups in total. The lowest BCUT2D eigenvalue weighted by molar-refractivity contribution is -0.140. The fourth-order valence-electron chi connectivity index (χ4n) is 4.79. The SMILES string of the molecule is O=C1CC[C@@](c2ccccc2)(C2CCN(Cc3ccc([123I])cc3)CC2)C(=O)N1. The third kappa shape index (κ3) is 3.87. The highest BCUT2D eigenvalue weighted by Crippen LogP contribution is 2.44. The zero-order chi connectivity index (χ0) is 19.6. The van der Waals surface area contributed by atoms with Crippen LogP contribution >= 0.6 is 22.6 Å². The van der Waals surface area contributed by atoms with E-state index < -0.39 is 5.41 Å². The second-order valence-electron chi connectivity index (χ2n) is 7.89. The number of amides is 2. The fourth-order valence-corrected chi connectivity index (χ4v) is 5.15. The minimum atomic E-state index is -0.579. The predicted octanol–water partition coefficient (Wildman–Crippen LogP) is 3.88. The van der Waals surface area contributed by atoms with Crippen LogP contribution in [-0.4, -0.2) is 29.8 Å². The number of hydrogen-bond acceptors (Lipinski definition) is 3. The molecular formula is C23H25IN2O2. The van der Waals surface area contributed by atoms with E-state index in [1.54, 1.807) is 0 Å². The molecule has 1 atom stereocenters. The number of hydrogen-bond donors (Lipinski definition) is 1. The molecule has 4 rings (SSSR count). The second-order valence-corrected chi connectivity index (χ2v) is 9.14. The summed E-state index contributed by atoms with van der Waals surface area (Å²) in [6.45, 7) is 2.91. The van der Waals surface area contributed by atoms with Gasteiger partial charge in [-0.05, 0) is 84.1 Å². The molecule has 0 unspecified atom stereocenters. The molecule has 28 heavy (non-hydrogen) atoms. The third-order valence-corrected chi connectivity index (χ3v) is 7.02. The Bertz CT molecular complexity index is 845. The third-order valence-electron chi connectivity index (χ3n) is 6.30. The lowest BCUT2D eigenvalue weighted by Crippen LogP contribution is -2.57. The Morgan fingerprint density at radius 3 is 2.32 bits per heavy atom. The minimum Gasteiger partial charge on any atom is -0.299 e. The quantitative estimate of drug-likeness (QED) is 0.530. The number of carbonyl (C=O) groups excluding carboxylic acids is 2. The van der Waals surface area contributed by atoms with Crippen LogP contribution in [0.25, 0.3) is 0 Å². The van der Waals surface area contributed by atoms with Crippen LogP contribution in [-0.2, 0) is 21.5 Å². The Labute approximate surface area is 179 Å². The van der Waals surface area contributed by atoms with Crippen LogP contribution in [0.1, 0.15) is 36.8 Å². The number of piperidine rings is 2. The summed E-state index contributed by atoms with van der Waals surface area (Å²) in [6, 6.07) is 18.7. The summed E-state index contributed by atoms with van der Waals surface area (Å²) in [5, 5.41) is 2.63. The van der Waals surface area contributed by atoms with Gasteiger partial charge in [0, 0.05) is 16.5 Å². The van der Waals surface area contributed by atoms with E-state index in [9.17, 15) is 9.59 Å². The predicted molar refractivity (Wildman–Crippen MR) is 118 cm³/mol. The van der Waals surface area contributed by atoms with Crippen molar-refractivity contribution in [2.45, 2.75) is 37.6 Å². The van der Waals surface area contributed by atoms with Crippen molar-refractivity contribution in [2.75, 3.05) is 13.1 Å². The summed E-state index contributed by atoms with van der Waals surface area (Å²) in [6.07, 6.45) is 2.98. The molecule has 0 spiro atoms. The Hall–Kier alpha value is -1.73. The maximum Gasteiger partial charge on any atom is 0.237 e. The first-order chi connectivity index (χ1) is 13.6. The highest BCUT2D eigenvalue weighted by atomic mass is 123. The molecule has 0 saturated carbocycles. The van der Waals surface area contributed by atoms with Crippen molar-refractivity contribution in [1.82, 2.24) is 10.2 Å². The molecule has 0 aliphatic carbocycles. The average molecular weight is 484 g/mol.